The van der Waals surface area contributed by atoms with E-state index in [0.717, 1.165) is 30.9 Å². The van der Waals surface area contributed by atoms with E-state index in [1.54, 1.807) is 11.1 Å². The summed E-state index contributed by atoms with van der Waals surface area (Å²) >= 11 is 0. The second-order valence-electron chi connectivity index (χ2n) is 9.48. The molecule has 1 aromatic heterocycles. The van der Waals surface area contributed by atoms with Crippen molar-refractivity contribution in [3.63, 3.8) is 0 Å². The Kier molecular flexibility index (Phi) is 6.67. The monoisotopic (exact) mass is 453 g/mol. The second kappa shape index (κ2) is 9.64. The molecule has 2 unspecified atom stereocenters. The van der Waals surface area contributed by atoms with Gasteiger partial charge >= 0.3 is 6.09 Å². The number of nitrogens with one attached hydrogen (secondary N) is 1. The fourth-order valence-corrected chi connectivity index (χ4v) is 4.01. The van der Waals surface area contributed by atoms with Gasteiger partial charge in [0.15, 0.2) is 5.82 Å². The number of benzene rings is 1. The molecule has 0 radical (unpaired) electrons. The SMILES string of the molecule is CC(C)(C)OC(=O)N1CCC(Oc2ccc(NC(=O)C3CCN(c4cccnn4)C3)cc2)C1. The Labute approximate surface area is 194 Å². The van der Waals surface area contributed by atoms with Gasteiger partial charge in [-0.1, -0.05) is 0 Å². The number of anilines is 2. The van der Waals surface area contributed by atoms with Crippen LogP contribution in [-0.4, -0.2) is 65.0 Å². The molecule has 1 aromatic carbocycles. The van der Waals surface area contributed by atoms with Crippen molar-refractivity contribution in [2.75, 3.05) is 36.4 Å². The highest BCUT2D eigenvalue weighted by atomic mass is 16.6. The molecule has 3 heterocycles. The molecule has 0 bridgehead atoms. The molecule has 2 aromatic rings. The first-order valence-corrected chi connectivity index (χ1v) is 11.3. The minimum Gasteiger partial charge on any atom is -0.489 e. The number of aromatic nitrogens is 2. The Morgan fingerprint density at radius 3 is 2.55 bits per heavy atom. The van der Waals surface area contributed by atoms with E-state index in [-0.39, 0.29) is 24.0 Å². The number of carbonyl (C=O) groups is 2. The molecule has 2 atom stereocenters. The van der Waals surface area contributed by atoms with Crippen molar-refractivity contribution in [3.8, 4) is 5.75 Å². The molecule has 9 nitrogen and oxygen atoms in total. The van der Waals surface area contributed by atoms with Crippen LogP contribution in [0.3, 0.4) is 0 Å². The topological polar surface area (TPSA) is 96.9 Å². The van der Waals surface area contributed by atoms with E-state index in [1.165, 1.54) is 0 Å². The first-order valence-electron chi connectivity index (χ1n) is 11.3. The van der Waals surface area contributed by atoms with Gasteiger partial charge in [0.05, 0.1) is 12.5 Å². The van der Waals surface area contributed by atoms with Crippen molar-refractivity contribution in [2.45, 2.75) is 45.3 Å². The van der Waals surface area contributed by atoms with Crippen LogP contribution in [0.15, 0.2) is 42.6 Å². The van der Waals surface area contributed by atoms with Crippen molar-refractivity contribution in [3.05, 3.63) is 42.6 Å². The average Bonchev–Trinajstić information content (AvgIpc) is 3.45. The smallest absolute Gasteiger partial charge is 0.410 e. The normalized spacial score (nSPS) is 20.6. The lowest BCUT2D eigenvalue weighted by Crippen LogP contribution is -2.36. The highest BCUT2D eigenvalue weighted by Crippen LogP contribution is 2.25. The van der Waals surface area contributed by atoms with Crippen molar-refractivity contribution in [1.82, 2.24) is 15.1 Å². The van der Waals surface area contributed by atoms with Crippen LogP contribution in [0.2, 0.25) is 0 Å². The van der Waals surface area contributed by atoms with E-state index >= 15 is 0 Å². The summed E-state index contributed by atoms with van der Waals surface area (Å²) in [5.74, 6) is 1.41. The summed E-state index contributed by atoms with van der Waals surface area (Å²) < 4.78 is 11.5. The molecular weight excluding hydrogens is 422 g/mol. The number of nitrogens with zero attached hydrogens (tertiary/aromatic N) is 4. The number of ether oxygens (including phenoxy) is 2. The molecule has 0 spiro atoms. The van der Waals surface area contributed by atoms with Crippen LogP contribution in [0.4, 0.5) is 16.3 Å². The molecule has 2 aliphatic heterocycles. The highest BCUT2D eigenvalue weighted by Gasteiger charge is 2.31. The van der Waals surface area contributed by atoms with E-state index in [0.29, 0.717) is 25.4 Å². The predicted octanol–water partition coefficient (Wildman–Crippen LogP) is 3.33. The molecule has 2 amide bonds. The molecule has 4 rings (SSSR count). The van der Waals surface area contributed by atoms with Crippen molar-refractivity contribution >= 4 is 23.5 Å². The van der Waals surface area contributed by atoms with Crippen molar-refractivity contribution in [1.29, 1.82) is 0 Å². The van der Waals surface area contributed by atoms with Gasteiger partial charge < -0.3 is 24.6 Å². The minimum atomic E-state index is -0.511. The Hall–Kier alpha value is -3.36. The van der Waals surface area contributed by atoms with E-state index < -0.39 is 5.60 Å². The molecule has 2 saturated heterocycles. The second-order valence-corrected chi connectivity index (χ2v) is 9.48. The number of carbonyl (C=O) groups excluding carboxylic acids is 2. The predicted molar refractivity (Wildman–Crippen MR) is 124 cm³/mol. The highest BCUT2D eigenvalue weighted by molar-refractivity contribution is 5.93. The average molecular weight is 454 g/mol. The van der Waals surface area contributed by atoms with Crippen LogP contribution in [0.1, 0.15) is 33.6 Å². The Morgan fingerprint density at radius 2 is 1.85 bits per heavy atom. The van der Waals surface area contributed by atoms with Crippen LogP contribution < -0.4 is 15.0 Å². The van der Waals surface area contributed by atoms with Gasteiger partial charge in [0.1, 0.15) is 17.5 Å². The van der Waals surface area contributed by atoms with E-state index in [2.05, 4.69) is 20.4 Å². The standard InChI is InChI=1S/C24H31N5O4/c1-24(2,3)33-23(31)29-14-11-20(16-29)32-19-8-6-18(7-9-19)26-22(30)17-10-13-28(15-17)21-5-4-12-25-27-21/h4-9,12,17,20H,10-11,13-16H2,1-3H3,(H,26,30). The summed E-state index contributed by atoms with van der Waals surface area (Å²) in [4.78, 5) is 28.7. The molecule has 1 N–H and O–H groups in total. The number of hydrogen-bond donors (Lipinski definition) is 1. The summed E-state index contributed by atoms with van der Waals surface area (Å²) in [6, 6.07) is 11.1. The van der Waals surface area contributed by atoms with Crippen LogP contribution in [0, 0.1) is 5.92 Å². The number of rotatable bonds is 5. The Bertz CT molecular complexity index is 961. The van der Waals surface area contributed by atoms with Crippen LogP contribution >= 0.6 is 0 Å². The maximum absolute atomic E-state index is 12.7. The van der Waals surface area contributed by atoms with Gasteiger partial charge in [-0.3, -0.25) is 4.79 Å². The van der Waals surface area contributed by atoms with E-state index in [9.17, 15) is 9.59 Å². The van der Waals surface area contributed by atoms with Gasteiger partial charge in [0.25, 0.3) is 0 Å². The fraction of sp³-hybridized carbons (Fsp3) is 0.500. The molecule has 2 fully saturated rings. The van der Waals surface area contributed by atoms with Gasteiger partial charge in [-0.15, -0.1) is 5.10 Å². The van der Waals surface area contributed by atoms with Gasteiger partial charge in [-0.25, -0.2) is 4.79 Å². The minimum absolute atomic E-state index is 0.00106. The molecule has 0 saturated carbocycles. The molecule has 176 valence electrons. The third-order valence-corrected chi connectivity index (χ3v) is 5.66. The molecular formula is C24H31N5O4. The zero-order chi connectivity index (χ0) is 23.4. The zero-order valence-corrected chi connectivity index (χ0v) is 19.4. The first-order chi connectivity index (χ1) is 15.8. The maximum Gasteiger partial charge on any atom is 0.410 e. The summed E-state index contributed by atoms with van der Waals surface area (Å²) in [6.07, 6.45) is 2.78. The van der Waals surface area contributed by atoms with Gasteiger partial charge in [0, 0.05) is 37.9 Å². The molecule has 9 heteroatoms. The summed E-state index contributed by atoms with van der Waals surface area (Å²) in [7, 11) is 0. The lowest BCUT2D eigenvalue weighted by molar-refractivity contribution is -0.119. The third kappa shape index (κ3) is 6.12. The summed E-state index contributed by atoms with van der Waals surface area (Å²) in [5, 5.41) is 11.0. The molecule has 0 aliphatic carbocycles. The van der Waals surface area contributed by atoms with Crippen molar-refractivity contribution < 1.29 is 19.1 Å². The molecule has 2 aliphatic rings. The van der Waals surface area contributed by atoms with Gasteiger partial charge in [-0.2, -0.15) is 5.10 Å². The van der Waals surface area contributed by atoms with Crippen molar-refractivity contribution in [2.24, 2.45) is 5.92 Å². The lowest BCUT2D eigenvalue weighted by Gasteiger charge is -2.24. The first kappa shape index (κ1) is 22.8. The van der Waals surface area contributed by atoms with E-state index in [1.807, 2.05) is 57.2 Å². The largest absolute Gasteiger partial charge is 0.489 e. The number of hydrogen-bond acceptors (Lipinski definition) is 7. The third-order valence-electron chi connectivity index (χ3n) is 5.66. The van der Waals surface area contributed by atoms with Gasteiger partial charge in [0.2, 0.25) is 5.91 Å². The summed E-state index contributed by atoms with van der Waals surface area (Å²) in [6.45, 7) is 8.09. The van der Waals surface area contributed by atoms with Crippen LogP contribution in [0.25, 0.3) is 0 Å². The number of amides is 2. The van der Waals surface area contributed by atoms with Crippen LogP contribution in [0.5, 0.6) is 5.75 Å². The fourth-order valence-electron chi connectivity index (χ4n) is 4.01. The zero-order valence-electron chi connectivity index (χ0n) is 19.4. The van der Waals surface area contributed by atoms with Gasteiger partial charge in [-0.05, 0) is 63.6 Å². The quantitative estimate of drug-likeness (QED) is 0.742. The Balaban J connectivity index is 1.24. The number of likely N-dealkylation sites (tertiary alicyclic amines) is 1. The molecule has 33 heavy (non-hydrogen) atoms. The Morgan fingerprint density at radius 1 is 1.06 bits per heavy atom. The maximum atomic E-state index is 12.7. The summed E-state index contributed by atoms with van der Waals surface area (Å²) in [5.41, 5.74) is 0.218. The lowest BCUT2D eigenvalue weighted by atomic mass is 10.1. The van der Waals surface area contributed by atoms with E-state index in [4.69, 9.17) is 9.47 Å². The van der Waals surface area contributed by atoms with Crippen LogP contribution in [-0.2, 0) is 9.53 Å².